The van der Waals surface area contributed by atoms with Crippen LogP contribution < -0.4 is 10.2 Å². The van der Waals surface area contributed by atoms with Gasteiger partial charge in [0.05, 0.1) is 5.56 Å². The van der Waals surface area contributed by atoms with Crippen molar-refractivity contribution in [3.8, 4) is 0 Å². The summed E-state index contributed by atoms with van der Waals surface area (Å²) in [5, 5.41) is 11.5. The van der Waals surface area contributed by atoms with Crippen LogP contribution in [0.4, 0.5) is 20.7 Å². The first-order valence-electron chi connectivity index (χ1n) is 8.31. The van der Waals surface area contributed by atoms with Gasteiger partial charge in [0.2, 0.25) is 0 Å². The van der Waals surface area contributed by atoms with Crippen LogP contribution in [0.5, 0.6) is 0 Å². The third-order valence-electron chi connectivity index (χ3n) is 4.33. The van der Waals surface area contributed by atoms with Crippen molar-refractivity contribution < 1.29 is 19.1 Å². The SMILES string of the molecule is Cc1cc(Br)cnc1N1CCN(C(=O)Nc2ccc(C(=O)O)c(F)c2)CC1. The molecule has 1 aromatic carbocycles. The normalized spacial score (nSPS) is 14.2. The Morgan fingerprint density at radius 3 is 2.52 bits per heavy atom. The van der Waals surface area contributed by atoms with E-state index in [0.717, 1.165) is 28.0 Å². The van der Waals surface area contributed by atoms with Crippen LogP contribution in [-0.2, 0) is 0 Å². The lowest BCUT2D eigenvalue weighted by atomic mass is 10.2. The van der Waals surface area contributed by atoms with E-state index < -0.39 is 17.3 Å². The fourth-order valence-corrected chi connectivity index (χ4v) is 3.40. The van der Waals surface area contributed by atoms with Crippen LogP contribution in [0.25, 0.3) is 0 Å². The first kappa shape index (κ1) is 19.1. The Kier molecular flexibility index (Phi) is 5.59. The van der Waals surface area contributed by atoms with Crippen molar-refractivity contribution >= 4 is 39.4 Å². The third kappa shape index (κ3) is 4.36. The number of benzene rings is 1. The molecule has 1 aliphatic heterocycles. The first-order valence-corrected chi connectivity index (χ1v) is 9.10. The van der Waals surface area contributed by atoms with Gasteiger partial charge < -0.3 is 20.2 Å². The van der Waals surface area contributed by atoms with Gasteiger partial charge in [-0.1, -0.05) is 0 Å². The summed E-state index contributed by atoms with van der Waals surface area (Å²) in [6, 6.07) is 5.16. The summed E-state index contributed by atoms with van der Waals surface area (Å²) >= 11 is 3.40. The van der Waals surface area contributed by atoms with Crippen LogP contribution in [0, 0.1) is 12.7 Å². The van der Waals surface area contributed by atoms with Crippen LogP contribution in [0.1, 0.15) is 15.9 Å². The Morgan fingerprint density at radius 1 is 1.22 bits per heavy atom. The van der Waals surface area contributed by atoms with Gasteiger partial charge in [-0.15, -0.1) is 0 Å². The minimum atomic E-state index is -1.35. The highest BCUT2D eigenvalue weighted by molar-refractivity contribution is 9.10. The maximum atomic E-state index is 13.7. The molecular weight excluding hydrogens is 419 g/mol. The number of carbonyl (C=O) groups excluding carboxylic acids is 1. The largest absolute Gasteiger partial charge is 0.478 e. The molecule has 7 nitrogen and oxygen atoms in total. The molecule has 0 radical (unpaired) electrons. The molecule has 0 aliphatic carbocycles. The fourth-order valence-electron chi connectivity index (χ4n) is 2.95. The Bertz CT molecular complexity index is 885. The van der Waals surface area contributed by atoms with Crippen LogP contribution >= 0.6 is 15.9 Å². The number of nitrogens with one attached hydrogen (secondary N) is 1. The van der Waals surface area contributed by atoms with Gasteiger partial charge in [0.25, 0.3) is 0 Å². The van der Waals surface area contributed by atoms with Crippen LogP contribution in [0.3, 0.4) is 0 Å². The Labute approximate surface area is 163 Å². The standard InChI is InChI=1S/C18H18BrFN4O3/c1-11-8-12(19)10-21-16(11)23-4-6-24(7-5-23)18(27)22-13-2-3-14(17(25)26)15(20)9-13/h2-3,8-10H,4-7H2,1H3,(H,22,27)(H,25,26). The number of aromatic nitrogens is 1. The summed E-state index contributed by atoms with van der Waals surface area (Å²) in [6.07, 6.45) is 1.75. The van der Waals surface area contributed by atoms with E-state index in [2.05, 4.69) is 31.1 Å². The van der Waals surface area contributed by atoms with Crippen molar-refractivity contribution in [1.82, 2.24) is 9.88 Å². The zero-order valence-electron chi connectivity index (χ0n) is 14.6. The van der Waals surface area contributed by atoms with Gasteiger partial charge in [0, 0.05) is 42.5 Å². The van der Waals surface area contributed by atoms with E-state index in [1.165, 1.54) is 6.07 Å². The highest BCUT2D eigenvalue weighted by atomic mass is 79.9. The topological polar surface area (TPSA) is 85.8 Å². The van der Waals surface area contributed by atoms with Gasteiger partial charge in [-0.25, -0.2) is 19.0 Å². The maximum absolute atomic E-state index is 13.7. The number of amides is 2. The zero-order valence-corrected chi connectivity index (χ0v) is 16.2. The number of halogens is 2. The number of aryl methyl sites for hydroxylation is 1. The second-order valence-electron chi connectivity index (χ2n) is 6.20. The van der Waals surface area contributed by atoms with Gasteiger partial charge in [0.1, 0.15) is 11.6 Å². The molecular formula is C18H18BrFN4O3. The Hall–Kier alpha value is -2.68. The molecule has 1 aromatic heterocycles. The van der Waals surface area contributed by atoms with Gasteiger partial charge in [-0.3, -0.25) is 0 Å². The predicted octanol–water partition coefficient (Wildman–Crippen LogP) is 3.34. The number of carboxylic acids is 1. The molecule has 1 aliphatic rings. The summed E-state index contributed by atoms with van der Waals surface area (Å²) in [7, 11) is 0. The molecule has 2 aromatic rings. The van der Waals surface area contributed by atoms with Gasteiger partial charge in [-0.05, 0) is 52.7 Å². The molecule has 2 N–H and O–H groups in total. The molecule has 3 rings (SSSR count). The quantitative estimate of drug-likeness (QED) is 0.770. The average molecular weight is 437 g/mol. The number of carboxylic acid groups (broad SMARTS) is 1. The minimum Gasteiger partial charge on any atom is -0.478 e. The number of pyridine rings is 1. The zero-order chi connectivity index (χ0) is 19.6. The lowest BCUT2D eigenvalue weighted by molar-refractivity contribution is 0.0692. The Morgan fingerprint density at radius 2 is 1.93 bits per heavy atom. The molecule has 0 unspecified atom stereocenters. The summed E-state index contributed by atoms with van der Waals surface area (Å²) in [5.41, 5.74) is 0.839. The van der Waals surface area contributed by atoms with E-state index in [-0.39, 0.29) is 11.7 Å². The van der Waals surface area contributed by atoms with E-state index in [1.807, 2.05) is 13.0 Å². The number of hydrogen-bond acceptors (Lipinski definition) is 4. The number of anilines is 2. The van der Waals surface area contributed by atoms with Crippen molar-refractivity contribution in [2.24, 2.45) is 0 Å². The second kappa shape index (κ2) is 7.91. The van der Waals surface area contributed by atoms with Crippen LogP contribution in [0.2, 0.25) is 0 Å². The molecule has 9 heteroatoms. The average Bonchev–Trinajstić information content (AvgIpc) is 2.61. The smallest absolute Gasteiger partial charge is 0.338 e. The van der Waals surface area contributed by atoms with Crippen molar-refractivity contribution in [3.05, 3.63) is 51.9 Å². The Balaban J connectivity index is 1.60. The minimum absolute atomic E-state index is 0.218. The summed E-state index contributed by atoms with van der Waals surface area (Å²) in [6.45, 7) is 4.25. The number of piperazine rings is 1. The monoisotopic (exact) mass is 436 g/mol. The number of carbonyl (C=O) groups is 2. The highest BCUT2D eigenvalue weighted by Crippen LogP contribution is 2.22. The molecule has 27 heavy (non-hydrogen) atoms. The third-order valence-corrected chi connectivity index (χ3v) is 4.77. The van der Waals surface area contributed by atoms with Crippen molar-refractivity contribution in [2.45, 2.75) is 6.92 Å². The molecule has 0 atom stereocenters. The highest BCUT2D eigenvalue weighted by Gasteiger charge is 2.23. The summed E-state index contributed by atoms with van der Waals surface area (Å²) < 4.78 is 14.7. The summed E-state index contributed by atoms with van der Waals surface area (Å²) in [4.78, 5) is 31.4. The van der Waals surface area contributed by atoms with E-state index in [9.17, 15) is 14.0 Å². The number of aromatic carboxylic acids is 1. The second-order valence-corrected chi connectivity index (χ2v) is 7.11. The predicted molar refractivity (Wildman–Crippen MR) is 103 cm³/mol. The molecule has 1 fully saturated rings. The fraction of sp³-hybridized carbons (Fsp3) is 0.278. The number of urea groups is 1. The van der Waals surface area contributed by atoms with Gasteiger partial charge in [0.15, 0.2) is 0 Å². The number of nitrogens with zero attached hydrogens (tertiary/aromatic N) is 3. The van der Waals surface area contributed by atoms with E-state index in [4.69, 9.17) is 5.11 Å². The lowest BCUT2D eigenvalue weighted by Crippen LogP contribution is -2.50. The van der Waals surface area contributed by atoms with E-state index in [0.29, 0.717) is 26.2 Å². The molecule has 2 amide bonds. The van der Waals surface area contributed by atoms with E-state index in [1.54, 1.807) is 11.1 Å². The summed E-state index contributed by atoms with van der Waals surface area (Å²) in [5.74, 6) is -1.34. The molecule has 0 saturated carbocycles. The van der Waals surface area contributed by atoms with E-state index >= 15 is 0 Å². The van der Waals surface area contributed by atoms with Crippen molar-refractivity contribution in [2.75, 3.05) is 36.4 Å². The molecule has 142 valence electrons. The first-order chi connectivity index (χ1) is 12.8. The molecule has 2 heterocycles. The van der Waals surface area contributed by atoms with Crippen LogP contribution in [-0.4, -0.2) is 53.2 Å². The lowest BCUT2D eigenvalue weighted by Gasteiger charge is -2.36. The van der Waals surface area contributed by atoms with Crippen LogP contribution in [0.15, 0.2) is 34.9 Å². The van der Waals surface area contributed by atoms with Gasteiger partial charge in [-0.2, -0.15) is 0 Å². The number of rotatable bonds is 3. The van der Waals surface area contributed by atoms with Crippen molar-refractivity contribution in [1.29, 1.82) is 0 Å². The molecule has 0 spiro atoms. The van der Waals surface area contributed by atoms with Gasteiger partial charge >= 0.3 is 12.0 Å². The van der Waals surface area contributed by atoms with Crippen molar-refractivity contribution in [3.63, 3.8) is 0 Å². The maximum Gasteiger partial charge on any atom is 0.338 e. The number of hydrogen-bond donors (Lipinski definition) is 2. The molecule has 1 saturated heterocycles. The molecule has 0 bridgehead atoms.